The molecule has 0 unspecified atom stereocenters. The maximum atomic E-state index is 5.43. The topological polar surface area (TPSA) is 81.7 Å². The number of nitrogens with zero attached hydrogens (tertiary/aromatic N) is 4. The number of aryl methyl sites for hydroxylation is 1. The molecule has 17 heavy (non-hydrogen) atoms. The van der Waals surface area contributed by atoms with Crippen LogP contribution in [0.25, 0.3) is 0 Å². The summed E-state index contributed by atoms with van der Waals surface area (Å²) in [5.41, 5.74) is 5.95. The minimum atomic E-state index is 0.244. The molecule has 3 N–H and O–H groups in total. The van der Waals surface area contributed by atoms with Crippen LogP contribution in [0.1, 0.15) is 11.5 Å². The van der Waals surface area contributed by atoms with E-state index >= 15 is 0 Å². The Bertz CT molecular complexity index is 518. The van der Waals surface area contributed by atoms with Gasteiger partial charge in [0.2, 0.25) is 0 Å². The Labute approximate surface area is 104 Å². The van der Waals surface area contributed by atoms with E-state index < -0.39 is 0 Å². The molecule has 6 nitrogen and oxygen atoms in total. The van der Waals surface area contributed by atoms with E-state index in [2.05, 4.69) is 20.3 Å². The summed E-state index contributed by atoms with van der Waals surface area (Å²) in [6, 6.07) is 0. The third kappa shape index (κ3) is 2.76. The summed E-state index contributed by atoms with van der Waals surface area (Å²) in [7, 11) is 1.94. The molecular weight excluding hydrogens is 236 g/mol. The van der Waals surface area contributed by atoms with Gasteiger partial charge in [0, 0.05) is 19.4 Å². The zero-order valence-corrected chi connectivity index (χ0v) is 10.1. The van der Waals surface area contributed by atoms with Crippen LogP contribution in [-0.4, -0.2) is 24.5 Å². The summed E-state index contributed by atoms with van der Waals surface area (Å²) in [6.45, 7) is 0.588. The highest BCUT2D eigenvalue weighted by molar-refractivity contribution is 7.80. The van der Waals surface area contributed by atoms with Crippen LogP contribution in [0.15, 0.2) is 24.8 Å². The van der Waals surface area contributed by atoms with Crippen LogP contribution in [-0.2, 0) is 13.6 Å². The molecule has 0 aliphatic heterocycles. The number of thiocarbonyl (C=S) groups is 1. The molecular formula is C10H12N6S. The maximum Gasteiger partial charge on any atom is 0.144 e. The Morgan fingerprint density at radius 3 is 2.76 bits per heavy atom. The van der Waals surface area contributed by atoms with Crippen molar-refractivity contribution in [3.05, 3.63) is 36.3 Å². The number of imidazole rings is 1. The molecule has 0 aliphatic rings. The smallest absolute Gasteiger partial charge is 0.144 e. The lowest BCUT2D eigenvalue weighted by Gasteiger charge is -2.05. The largest absolute Gasteiger partial charge is 0.388 e. The minimum Gasteiger partial charge on any atom is -0.388 e. The highest BCUT2D eigenvalue weighted by atomic mass is 32.1. The van der Waals surface area contributed by atoms with Crippen LogP contribution >= 0.6 is 12.2 Å². The first-order valence-corrected chi connectivity index (χ1v) is 5.39. The second-order valence-corrected chi connectivity index (χ2v) is 3.90. The summed E-state index contributed by atoms with van der Waals surface area (Å²) in [6.07, 6.45) is 6.78. The average Bonchev–Trinajstić information content (AvgIpc) is 2.73. The van der Waals surface area contributed by atoms with Gasteiger partial charge in [-0.1, -0.05) is 12.2 Å². The first-order chi connectivity index (χ1) is 8.16. The molecule has 0 fully saturated rings. The average molecular weight is 248 g/mol. The van der Waals surface area contributed by atoms with Crippen LogP contribution in [0, 0.1) is 0 Å². The molecule has 0 aromatic carbocycles. The van der Waals surface area contributed by atoms with Gasteiger partial charge in [-0.2, -0.15) is 0 Å². The van der Waals surface area contributed by atoms with Gasteiger partial charge < -0.3 is 15.6 Å². The standard InChI is InChI=1S/C10H12N6S/c1-16-3-2-12-9(16)6-15-8-5-13-7(4-14-8)10(11)17/h2-5H,6H2,1H3,(H2,11,17)(H,14,15). The SMILES string of the molecule is Cn1ccnc1CNc1cnc(C(N)=S)cn1. The third-order valence-corrected chi connectivity index (χ3v) is 2.46. The van der Waals surface area contributed by atoms with Gasteiger partial charge in [0.1, 0.15) is 22.3 Å². The van der Waals surface area contributed by atoms with Crippen LogP contribution < -0.4 is 11.1 Å². The van der Waals surface area contributed by atoms with Gasteiger partial charge in [-0.3, -0.25) is 0 Å². The molecule has 0 saturated carbocycles. The molecule has 0 bridgehead atoms. The summed E-state index contributed by atoms with van der Waals surface area (Å²) >= 11 is 4.79. The molecule has 0 saturated heterocycles. The molecule has 88 valence electrons. The molecule has 0 atom stereocenters. The van der Waals surface area contributed by atoms with E-state index in [0.717, 1.165) is 5.82 Å². The number of nitrogens with two attached hydrogens (primary N) is 1. The lowest BCUT2D eigenvalue weighted by molar-refractivity contribution is 0.810. The Kier molecular flexibility index (Phi) is 3.29. The van der Waals surface area contributed by atoms with Crippen molar-refractivity contribution < 1.29 is 0 Å². The van der Waals surface area contributed by atoms with Gasteiger partial charge in [0.15, 0.2) is 0 Å². The first kappa shape index (κ1) is 11.5. The quantitative estimate of drug-likeness (QED) is 0.765. The van der Waals surface area contributed by atoms with E-state index in [1.165, 1.54) is 0 Å². The van der Waals surface area contributed by atoms with Gasteiger partial charge in [-0.05, 0) is 0 Å². The van der Waals surface area contributed by atoms with Crippen molar-refractivity contribution in [2.24, 2.45) is 12.8 Å². The van der Waals surface area contributed by atoms with Crippen LogP contribution in [0.3, 0.4) is 0 Å². The van der Waals surface area contributed by atoms with Crippen molar-refractivity contribution in [3.63, 3.8) is 0 Å². The van der Waals surface area contributed by atoms with Crippen LogP contribution in [0.2, 0.25) is 0 Å². The summed E-state index contributed by atoms with van der Waals surface area (Å²) in [5.74, 6) is 1.58. The van der Waals surface area contributed by atoms with E-state index in [4.69, 9.17) is 18.0 Å². The van der Waals surface area contributed by atoms with E-state index in [9.17, 15) is 0 Å². The molecule has 7 heteroatoms. The molecule has 2 aromatic rings. The fourth-order valence-corrected chi connectivity index (χ4v) is 1.39. The Morgan fingerprint density at radius 2 is 2.24 bits per heavy atom. The second-order valence-electron chi connectivity index (χ2n) is 3.46. The van der Waals surface area contributed by atoms with Crippen molar-refractivity contribution in [1.29, 1.82) is 0 Å². The van der Waals surface area contributed by atoms with Gasteiger partial charge in [-0.15, -0.1) is 0 Å². The Morgan fingerprint density at radius 1 is 1.41 bits per heavy atom. The van der Waals surface area contributed by atoms with Crippen molar-refractivity contribution >= 4 is 23.0 Å². The highest BCUT2D eigenvalue weighted by Gasteiger charge is 2.01. The summed E-state index contributed by atoms with van der Waals surface area (Å²) in [4.78, 5) is 12.7. The lowest BCUT2D eigenvalue weighted by atomic mass is 10.4. The Hall–Kier alpha value is -2.02. The molecule has 0 radical (unpaired) electrons. The highest BCUT2D eigenvalue weighted by Crippen LogP contribution is 2.03. The van der Waals surface area contributed by atoms with Crippen molar-refractivity contribution in [1.82, 2.24) is 19.5 Å². The fraction of sp³-hybridized carbons (Fsp3) is 0.200. The number of anilines is 1. The fourth-order valence-electron chi connectivity index (χ4n) is 1.28. The van der Waals surface area contributed by atoms with E-state index in [0.29, 0.717) is 18.1 Å². The maximum absolute atomic E-state index is 5.43. The normalized spacial score (nSPS) is 10.2. The zero-order valence-electron chi connectivity index (χ0n) is 9.29. The predicted molar refractivity (Wildman–Crippen MR) is 68.5 cm³/mol. The van der Waals surface area contributed by atoms with E-state index in [-0.39, 0.29) is 4.99 Å². The number of rotatable bonds is 4. The lowest BCUT2D eigenvalue weighted by Crippen LogP contribution is -2.13. The number of aromatic nitrogens is 4. The monoisotopic (exact) mass is 248 g/mol. The number of nitrogens with one attached hydrogen (secondary N) is 1. The van der Waals surface area contributed by atoms with Crippen molar-refractivity contribution in [3.8, 4) is 0 Å². The molecule has 0 aliphatic carbocycles. The second kappa shape index (κ2) is 4.88. The van der Waals surface area contributed by atoms with Gasteiger partial charge in [0.05, 0.1) is 18.9 Å². The zero-order chi connectivity index (χ0) is 12.3. The van der Waals surface area contributed by atoms with E-state index in [1.54, 1.807) is 18.6 Å². The van der Waals surface area contributed by atoms with E-state index in [1.807, 2.05) is 17.8 Å². The molecule has 0 spiro atoms. The van der Waals surface area contributed by atoms with Gasteiger partial charge in [0.25, 0.3) is 0 Å². The number of hydrogen-bond acceptors (Lipinski definition) is 5. The first-order valence-electron chi connectivity index (χ1n) is 4.99. The van der Waals surface area contributed by atoms with Crippen LogP contribution in [0.4, 0.5) is 5.82 Å². The summed E-state index contributed by atoms with van der Waals surface area (Å²) in [5, 5.41) is 3.11. The Balaban J connectivity index is 2.00. The van der Waals surface area contributed by atoms with Crippen LogP contribution in [0.5, 0.6) is 0 Å². The van der Waals surface area contributed by atoms with Gasteiger partial charge in [-0.25, -0.2) is 15.0 Å². The van der Waals surface area contributed by atoms with Crippen molar-refractivity contribution in [2.75, 3.05) is 5.32 Å². The number of hydrogen-bond donors (Lipinski definition) is 2. The minimum absolute atomic E-state index is 0.244. The predicted octanol–water partition coefficient (Wildman–Crippen LogP) is 0.456. The summed E-state index contributed by atoms with van der Waals surface area (Å²) < 4.78 is 1.93. The molecule has 2 aromatic heterocycles. The molecule has 2 heterocycles. The van der Waals surface area contributed by atoms with Gasteiger partial charge >= 0.3 is 0 Å². The molecule has 2 rings (SSSR count). The van der Waals surface area contributed by atoms with Crippen molar-refractivity contribution in [2.45, 2.75) is 6.54 Å². The third-order valence-electron chi connectivity index (χ3n) is 2.25. The molecule has 0 amide bonds.